The smallest absolute Gasteiger partial charge is 0.356 e. The fraction of sp³-hybridized carbons (Fsp3) is 0.125. The first-order valence-electron chi connectivity index (χ1n) is 9.64. The number of rotatable bonds is 6. The third-order valence-corrected chi connectivity index (χ3v) is 5.83. The first-order valence-corrected chi connectivity index (χ1v) is 10.5. The van der Waals surface area contributed by atoms with E-state index >= 15 is 0 Å². The molecule has 0 saturated heterocycles. The molecule has 4 rings (SSSR count). The summed E-state index contributed by atoms with van der Waals surface area (Å²) in [6.07, 6.45) is 0. The standard InChI is InChI=1S/C23H19FN4O3S.CH4/c1-13-4-7-15(24)11-17(13)22(29)26-12-14-5-8-16(9-6-14)28-21(23(30)31)19(25)20(27-28)18-3-2-10-32-18;/h2-11H,12,25H2,1H3,(H,26,29)(H,30,31);1H4. The predicted octanol–water partition coefficient (Wildman–Crippen LogP) is 4.89. The number of nitrogens with zero attached hydrogens (tertiary/aromatic N) is 2. The summed E-state index contributed by atoms with van der Waals surface area (Å²) >= 11 is 1.42. The number of amides is 1. The molecule has 0 unspecified atom stereocenters. The number of anilines is 1. The molecule has 0 bridgehead atoms. The lowest BCUT2D eigenvalue weighted by Crippen LogP contribution is -2.23. The van der Waals surface area contributed by atoms with Crippen molar-refractivity contribution in [2.75, 3.05) is 5.73 Å². The van der Waals surface area contributed by atoms with Crippen molar-refractivity contribution < 1.29 is 19.1 Å². The van der Waals surface area contributed by atoms with E-state index < -0.39 is 11.8 Å². The van der Waals surface area contributed by atoms with Crippen LogP contribution in [0.1, 0.15) is 39.4 Å². The number of aryl methyl sites for hydroxylation is 1. The highest BCUT2D eigenvalue weighted by molar-refractivity contribution is 7.13. The van der Waals surface area contributed by atoms with E-state index in [1.807, 2.05) is 17.5 Å². The number of nitrogens with two attached hydrogens (primary N) is 1. The number of halogens is 1. The van der Waals surface area contributed by atoms with E-state index in [1.165, 1.54) is 28.2 Å². The van der Waals surface area contributed by atoms with Crippen molar-refractivity contribution in [3.63, 3.8) is 0 Å². The van der Waals surface area contributed by atoms with Crippen LogP contribution in [-0.2, 0) is 6.54 Å². The summed E-state index contributed by atoms with van der Waals surface area (Å²) in [4.78, 5) is 25.0. The van der Waals surface area contributed by atoms with Gasteiger partial charge in [0.05, 0.1) is 16.3 Å². The average molecular weight is 467 g/mol. The zero-order chi connectivity index (χ0) is 22.8. The minimum absolute atomic E-state index is 0. The van der Waals surface area contributed by atoms with Crippen LogP contribution in [0.3, 0.4) is 0 Å². The largest absolute Gasteiger partial charge is 0.476 e. The van der Waals surface area contributed by atoms with Crippen molar-refractivity contribution in [1.29, 1.82) is 0 Å². The molecule has 7 nitrogen and oxygen atoms in total. The van der Waals surface area contributed by atoms with Gasteiger partial charge in [0.1, 0.15) is 11.5 Å². The SMILES string of the molecule is C.Cc1ccc(F)cc1C(=O)NCc1ccc(-n2nc(-c3cccs3)c(N)c2C(=O)O)cc1. The van der Waals surface area contributed by atoms with Gasteiger partial charge in [0.25, 0.3) is 5.91 Å². The second kappa shape index (κ2) is 9.66. The van der Waals surface area contributed by atoms with Gasteiger partial charge in [-0.2, -0.15) is 5.10 Å². The molecule has 0 fully saturated rings. The number of carbonyl (C=O) groups is 2. The Morgan fingerprint density at radius 3 is 2.55 bits per heavy atom. The number of carboxylic acid groups (broad SMARTS) is 1. The summed E-state index contributed by atoms with van der Waals surface area (Å²) in [6, 6.07) is 14.6. The van der Waals surface area contributed by atoms with E-state index in [0.29, 0.717) is 16.9 Å². The molecule has 0 atom stereocenters. The van der Waals surface area contributed by atoms with Gasteiger partial charge < -0.3 is 16.2 Å². The van der Waals surface area contributed by atoms with Crippen molar-refractivity contribution in [1.82, 2.24) is 15.1 Å². The monoisotopic (exact) mass is 466 g/mol. The Morgan fingerprint density at radius 2 is 1.91 bits per heavy atom. The van der Waals surface area contributed by atoms with Crippen LogP contribution in [0.4, 0.5) is 10.1 Å². The van der Waals surface area contributed by atoms with Crippen molar-refractivity contribution in [2.24, 2.45) is 0 Å². The maximum absolute atomic E-state index is 13.4. The van der Waals surface area contributed by atoms with Gasteiger partial charge in [-0.1, -0.05) is 31.7 Å². The molecule has 2 aromatic carbocycles. The second-order valence-electron chi connectivity index (χ2n) is 7.11. The quantitative estimate of drug-likeness (QED) is 0.375. The number of hydrogen-bond donors (Lipinski definition) is 3. The van der Waals surface area contributed by atoms with Crippen LogP contribution < -0.4 is 11.1 Å². The van der Waals surface area contributed by atoms with E-state index in [0.717, 1.165) is 10.4 Å². The topological polar surface area (TPSA) is 110 Å². The van der Waals surface area contributed by atoms with Crippen LogP contribution in [0.25, 0.3) is 16.3 Å². The minimum atomic E-state index is -1.18. The number of thiophene rings is 1. The molecule has 33 heavy (non-hydrogen) atoms. The molecule has 4 N–H and O–H groups in total. The van der Waals surface area contributed by atoms with Gasteiger partial charge >= 0.3 is 5.97 Å². The van der Waals surface area contributed by atoms with Crippen LogP contribution in [0.5, 0.6) is 0 Å². The van der Waals surface area contributed by atoms with Gasteiger partial charge in [-0.25, -0.2) is 13.9 Å². The van der Waals surface area contributed by atoms with Gasteiger partial charge in [0, 0.05) is 12.1 Å². The number of carbonyl (C=O) groups excluding carboxylic acids is 1. The van der Waals surface area contributed by atoms with Crippen molar-refractivity contribution in [3.05, 3.63) is 88.2 Å². The number of nitrogen functional groups attached to an aromatic ring is 1. The lowest BCUT2D eigenvalue weighted by molar-refractivity contribution is 0.0688. The highest BCUT2D eigenvalue weighted by Crippen LogP contribution is 2.32. The fourth-order valence-electron chi connectivity index (χ4n) is 3.29. The average Bonchev–Trinajstić information content (AvgIpc) is 3.42. The molecule has 2 aromatic heterocycles. The summed E-state index contributed by atoms with van der Waals surface area (Å²) in [5.74, 6) is -2.03. The van der Waals surface area contributed by atoms with Gasteiger partial charge in [-0.15, -0.1) is 11.3 Å². The lowest BCUT2D eigenvalue weighted by atomic mass is 10.1. The number of benzene rings is 2. The van der Waals surface area contributed by atoms with Crippen LogP contribution in [0.15, 0.2) is 60.0 Å². The van der Waals surface area contributed by atoms with Crippen LogP contribution in [0.2, 0.25) is 0 Å². The number of hydrogen-bond acceptors (Lipinski definition) is 5. The van der Waals surface area contributed by atoms with E-state index in [1.54, 1.807) is 37.3 Å². The number of aromatic carboxylic acids is 1. The molecule has 0 radical (unpaired) electrons. The van der Waals surface area contributed by atoms with Gasteiger partial charge in [-0.3, -0.25) is 4.79 Å². The molecule has 2 heterocycles. The summed E-state index contributed by atoms with van der Waals surface area (Å²) in [6.45, 7) is 1.96. The molecule has 170 valence electrons. The molecule has 0 saturated carbocycles. The van der Waals surface area contributed by atoms with Crippen LogP contribution in [0, 0.1) is 12.7 Å². The Kier molecular flexibility index (Phi) is 6.93. The minimum Gasteiger partial charge on any atom is -0.476 e. The molecular weight excluding hydrogens is 443 g/mol. The third kappa shape index (κ3) is 4.78. The van der Waals surface area contributed by atoms with Crippen LogP contribution in [-0.4, -0.2) is 26.8 Å². The highest BCUT2D eigenvalue weighted by Gasteiger charge is 2.23. The van der Waals surface area contributed by atoms with Gasteiger partial charge in [0.2, 0.25) is 0 Å². The molecule has 0 aliphatic carbocycles. The van der Waals surface area contributed by atoms with Crippen molar-refractivity contribution >= 4 is 28.9 Å². The number of aromatic nitrogens is 2. The molecule has 4 aromatic rings. The maximum Gasteiger partial charge on any atom is 0.356 e. The second-order valence-corrected chi connectivity index (χ2v) is 8.06. The Balaban J connectivity index is 0.00000306. The Morgan fingerprint density at radius 1 is 1.18 bits per heavy atom. The van der Waals surface area contributed by atoms with E-state index in [2.05, 4.69) is 10.4 Å². The molecular formula is C24H23FN4O3S. The summed E-state index contributed by atoms with van der Waals surface area (Å²) in [7, 11) is 0. The first kappa shape index (κ1) is 23.7. The van der Waals surface area contributed by atoms with Crippen molar-refractivity contribution in [2.45, 2.75) is 20.9 Å². The zero-order valence-electron chi connectivity index (χ0n) is 17.0. The van der Waals surface area contributed by atoms with E-state index in [9.17, 15) is 19.1 Å². The number of nitrogens with one attached hydrogen (secondary N) is 1. The molecule has 1 amide bonds. The first-order chi connectivity index (χ1) is 15.3. The Labute approximate surface area is 194 Å². The van der Waals surface area contributed by atoms with Gasteiger partial charge in [0.15, 0.2) is 5.69 Å². The third-order valence-electron chi connectivity index (χ3n) is 4.96. The van der Waals surface area contributed by atoms with Crippen molar-refractivity contribution in [3.8, 4) is 16.3 Å². The predicted molar refractivity (Wildman–Crippen MR) is 127 cm³/mol. The Hall–Kier alpha value is -3.98. The number of carboxylic acids is 1. The fourth-order valence-corrected chi connectivity index (χ4v) is 4.01. The zero-order valence-corrected chi connectivity index (χ0v) is 17.8. The maximum atomic E-state index is 13.4. The lowest BCUT2D eigenvalue weighted by Gasteiger charge is -2.09. The summed E-state index contributed by atoms with van der Waals surface area (Å²) < 4.78 is 14.7. The molecule has 0 spiro atoms. The Bertz CT molecular complexity index is 1300. The highest BCUT2D eigenvalue weighted by atomic mass is 32.1. The molecule has 0 aliphatic rings. The molecule has 0 aliphatic heterocycles. The van der Waals surface area contributed by atoms with E-state index in [-0.39, 0.29) is 36.8 Å². The molecule has 9 heteroatoms. The summed E-state index contributed by atoms with van der Waals surface area (Å²) in [5.41, 5.74) is 8.75. The summed E-state index contributed by atoms with van der Waals surface area (Å²) in [5, 5.41) is 18.7. The normalized spacial score (nSPS) is 10.5. The van der Waals surface area contributed by atoms with E-state index in [4.69, 9.17) is 5.73 Å². The van der Waals surface area contributed by atoms with Crippen LogP contribution >= 0.6 is 11.3 Å². The van der Waals surface area contributed by atoms with Gasteiger partial charge in [-0.05, 0) is 53.8 Å².